The number of nitrogens with two attached hydrogens (primary N) is 1. The smallest absolute Gasteiger partial charge is 0.462 e. The first-order valence-electron chi connectivity index (χ1n) is 23.0. The van der Waals surface area contributed by atoms with E-state index in [1.165, 1.54) is 173 Å². The van der Waals surface area contributed by atoms with E-state index in [4.69, 9.17) is 24.3 Å². The molecule has 0 saturated carbocycles. The zero-order chi connectivity index (χ0) is 39.6. The second kappa shape index (κ2) is 41.6. The van der Waals surface area contributed by atoms with Gasteiger partial charge in [-0.1, -0.05) is 213 Å². The average molecular weight is 790 g/mol. The topological polar surface area (TPSA) is 134 Å². The molecule has 0 aliphatic heterocycles. The monoisotopic (exact) mass is 790 g/mol. The highest BCUT2D eigenvalue weighted by Crippen LogP contribution is 2.43. The molecule has 54 heavy (non-hydrogen) atoms. The summed E-state index contributed by atoms with van der Waals surface area (Å²) in [5, 5.41) is 0. The van der Waals surface area contributed by atoms with Crippen molar-refractivity contribution in [3.63, 3.8) is 0 Å². The number of carbonyl (C=O) groups excluding carboxylic acids is 2. The fraction of sp³-hybridized carbons (Fsp3) is 0.955. The Labute approximate surface area is 333 Å². The molecule has 0 bridgehead atoms. The highest BCUT2D eigenvalue weighted by atomic mass is 31.2. The Hall–Kier alpha value is -0.990. The van der Waals surface area contributed by atoms with Gasteiger partial charge in [-0.05, 0) is 12.8 Å². The highest BCUT2D eigenvalue weighted by Gasteiger charge is 2.26. The molecule has 0 aliphatic rings. The molecular formula is C44H88NO8P. The molecule has 2 atom stereocenters. The lowest BCUT2D eigenvalue weighted by Gasteiger charge is -2.19. The van der Waals surface area contributed by atoms with Crippen molar-refractivity contribution in [2.75, 3.05) is 26.4 Å². The van der Waals surface area contributed by atoms with Gasteiger partial charge in [-0.15, -0.1) is 0 Å². The summed E-state index contributed by atoms with van der Waals surface area (Å²) in [6.45, 7) is 3.79. The maximum atomic E-state index is 12.6. The number of esters is 2. The van der Waals surface area contributed by atoms with E-state index in [2.05, 4.69) is 13.8 Å². The summed E-state index contributed by atoms with van der Waals surface area (Å²) in [5.41, 5.74) is 5.35. The van der Waals surface area contributed by atoms with Gasteiger partial charge in [0.25, 0.3) is 0 Å². The zero-order valence-corrected chi connectivity index (χ0v) is 36.4. The number of hydrogen-bond acceptors (Lipinski definition) is 8. The van der Waals surface area contributed by atoms with Crippen LogP contribution in [-0.2, 0) is 32.7 Å². The van der Waals surface area contributed by atoms with Gasteiger partial charge in [0.15, 0.2) is 6.10 Å². The number of ether oxygens (including phenoxy) is 2. The summed E-state index contributed by atoms with van der Waals surface area (Å²) in [7, 11) is -4.37. The molecule has 0 saturated heterocycles. The highest BCUT2D eigenvalue weighted by molar-refractivity contribution is 7.47. The Morgan fingerprint density at radius 1 is 0.481 bits per heavy atom. The van der Waals surface area contributed by atoms with Crippen molar-refractivity contribution in [2.24, 2.45) is 5.73 Å². The summed E-state index contributed by atoms with van der Waals surface area (Å²) in [6.07, 6.45) is 41.3. The largest absolute Gasteiger partial charge is 0.472 e. The molecule has 0 radical (unpaired) electrons. The van der Waals surface area contributed by atoms with Gasteiger partial charge in [0, 0.05) is 19.4 Å². The summed E-state index contributed by atoms with van der Waals surface area (Å²) in [6, 6.07) is 0. The third-order valence-electron chi connectivity index (χ3n) is 10.2. The molecule has 0 aromatic rings. The van der Waals surface area contributed by atoms with Crippen LogP contribution < -0.4 is 5.73 Å². The number of unbranched alkanes of at least 4 members (excludes halogenated alkanes) is 31. The molecule has 0 amide bonds. The van der Waals surface area contributed by atoms with Crippen LogP contribution in [0.2, 0.25) is 0 Å². The quantitative estimate of drug-likeness (QED) is 0.0351. The van der Waals surface area contributed by atoms with Crippen LogP contribution in [0, 0.1) is 0 Å². The van der Waals surface area contributed by atoms with Crippen molar-refractivity contribution in [1.82, 2.24) is 0 Å². The fourth-order valence-electron chi connectivity index (χ4n) is 6.81. The van der Waals surface area contributed by atoms with Crippen LogP contribution in [0.3, 0.4) is 0 Å². The van der Waals surface area contributed by atoms with E-state index in [1.54, 1.807) is 0 Å². The summed E-state index contributed by atoms with van der Waals surface area (Å²) >= 11 is 0. The lowest BCUT2D eigenvalue weighted by atomic mass is 10.0. The van der Waals surface area contributed by atoms with Crippen molar-refractivity contribution in [2.45, 2.75) is 245 Å². The van der Waals surface area contributed by atoms with Crippen molar-refractivity contribution in [3.8, 4) is 0 Å². The van der Waals surface area contributed by atoms with Crippen molar-refractivity contribution < 1.29 is 37.6 Å². The van der Waals surface area contributed by atoms with E-state index in [1.807, 2.05) is 0 Å². The predicted molar refractivity (Wildman–Crippen MR) is 225 cm³/mol. The van der Waals surface area contributed by atoms with Gasteiger partial charge in [-0.2, -0.15) is 0 Å². The van der Waals surface area contributed by atoms with Crippen LogP contribution in [0.15, 0.2) is 0 Å². The zero-order valence-electron chi connectivity index (χ0n) is 35.5. The third-order valence-corrected chi connectivity index (χ3v) is 11.2. The Kier molecular flexibility index (Phi) is 40.9. The van der Waals surface area contributed by atoms with E-state index < -0.39 is 26.5 Å². The minimum atomic E-state index is -4.37. The van der Waals surface area contributed by atoms with Gasteiger partial charge in [0.05, 0.1) is 13.2 Å². The van der Waals surface area contributed by atoms with Crippen LogP contribution in [0.25, 0.3) is 0 Å². The molecule has 0 rings (SSSR count). The predicted octanol–water partition coefficient (Wildman–Crippen LogP) is 13.2. The van der Waals surface area contributed by atoms with Crippen LogP contribution >= 0.6 is 7.82 Å². The second-order valence-corrected chi connectivity index (χ2v) is 17.1. The summed E-state index contributed by atoms with van der Waals surface area (Å²) in [4.78, 5) is 34.9. The average Bonchev–Trinajstić information content (AvgIpc) is 3.16. The van der Waals surface area contributed by atoms with Crippen LogP contribution in [-0.4, -0.2) is 49.3 Å². The Morgan fingerprint density at radius 2 is 0.796 bits per heavy atom. The van der Waals surface area contributed by atoms with E-state index in [-0.39, 0.29) is 38.6 Å². The third kappa shape index (κ3) is 40.7. The van der Waals surface area contributed by atoms with Crippen molar-refractivity contribution >= 4 is 19.8 Å². The van der Waals surface area contributed by atoms with Crippen LogP contribution in [0.5, 0.6) is 0 Å². The molecule has 0 aromatic heterocycles. The number of phosphoric acid groups is 1. The van der Waals surface area contributed by atoms with E-state index >= 15 is 0 Å². The molecule has 1 unspecified atom stereocenters. The van der Waals surface area contributed by atoms with Gasteiger partial charge in [-0.3, -0.25) is 18.6 Å². The molecule has 9 nitrogen and oxygen atoms in total. The second-order valence-electron chi connectivity index (χ2n) is 15.6. The minimum Gasteiger partial charge on any atom is -0.462 e. The molecule has 3 N–H and O–H groups in total. The fourth-order valence-corrected chi connectivity index (χ4v) is 7.58. The van der Waals surface area contributed by atoms with Crippen LogP contribution in [0.4, 0.5) is 0 Å². The molecule has 10 heteroatoms. The maximum absolute atomic E-state index is 12.6. The van der Waals surface area contributed by atoms with E-state index in [0.29, 0.717) is 6.42 Å². The molecular weight excluding hydrogens is 701 g/mol. The first kappa shape index (κ1) is 53.0. The number of phosphoric ester groups is 1. The van der Waals surface area contributed by atoms with Gasteiger partial charge in [-0.25, -0.2) is 4.57 Å². The van der Waals surface area contributed by atoms with Gasteiger partial charge in [0.2, 0.25) is 0 Å². The lowest BCUT2D eigenvalue weighted by molar-refractivity contribution is -0.161. The molecule has 322 valence electrons. The van der Waals surface area contributed by atoms with Gasteiger partial charge in [0.1, 0.15) is 6.61 Å². The Balaban J connectivity index is 4.06. The molecule has 0 heterocycles. The van der Waals surface area contributed by atoms with E-state index in [0.717, 1.165) is 32.1 Å². The lowest BCUT2D eigenvalue weighted by Crippen LogP contribution is -2.29. The Morgan fingerprint density at radius 3 is 1.13 bits per heavy atom. The van der Waals surface area contributed by atoms with Crippen molar-refractivity contribution in [3.05, 3.63) is 0 Å². The van der Waals surface area contributed by atoms with Crippen molar-refractivity contribution in [1.29, 1.82) is 0 Å². The minimum absolute atomic E-state index is 0.0582. The molecule has 0 aliphatic carbocycles. The van der Waals surface area contributed by atoms with Crippen LogP contribution in [0.1, 0.15) is 239 Å². The molecule has 0 spiro atoms. The van der Waals surface area contributed by atoms with Gasteiger partial charge < -0.3 is 20.1 Å². The normalized spacial score (nSPS) is 13.2. The molecule has 0 aromatic carbocycles. The van der Waals surface area contributed by atoms with Gasteiger partial charge >= 0.3 is 19.8 Å². The number of carbonyl (C=O) groups is 2. The maximum Gasteiger partial charge on any atom is 0.472 e. The summed E-state index contributed by atoms with van der Waals surface area (Å²) < 4.78 is 32.8. The number of hydrogen-bond donors (Lipinski definition) is 2. The first-order valence-corrected chi connectivity index (χ1v) is 24.5. The van der Waals surface area contributed by atoms with E-state index in [9.17, 15) is 19.0 Å². The summed E-state index contributed by atoms with van der Waals surface area (Å²) in [5.74, 6) is -0.810. The standard InChI is InChI=1S/C44H88NO8P/c1-3-5-7-9-11-13-15-17-19-21-23-24-26-28-30-32-34-36-43(46)50-40-42(41-52-54(48,49)51-39-38-45)53-44(47)37-35-33-31-29-27-25-22-20-18-16-14-12-10-8-6-4-2/h42H,3-41,45H2,1-2H3,(H,48,49)/t42-/m1/s1. The Bertz CT molecular complexity index is 860. The SMILES string of the molecule is CCCCCCCCCCCCCCCCCCCC(=O)OC[C@H](COP(=O)(O)OCCN)OC(=O)CCCCCCCCCCCCCCCCCC. The first-order chi connectivity index (χ1) is 26.3. The molecule has 0 fully saturated rings. The number of rotatable bonds is 44.